The number of nitrogens with zero attached hydrogens (tertiary/aromatic N) is 4. The molecule has 4 aromatic rings. The predicted molar refractivity (Wildman–Crippen MR) is 166 cm³/mol. The molecule has 1 aromatic heterocycles. The first-order chi connectivity index (χ1) is 19.9. The number of amides is 1. The molecule has 0 saturated carbocycles. The molecular weight excluding hydrogens is 532 g/mol. The highest BCUT2D eigenvalue weighted by Gasteiger charge is 2.23. The highest BCUT2D eigenvalue weighted by Crippen LogP contribution is 2.31. The SMILES string of the molecule is COc1ccc(CN(Cc2nc(C(=O)N(CCN(C)C)Cc3ccccc3)cs2)C(C)c2ccccc2)c(OC)c1. The second-order valence-electron chi connectivity index (χ2n) is 10.3. The van der Waals surface area contributed by atoms with E-state index in [1.807, 2.05) is 66.8 Å². The molecule has 0 saturated heterocycles. The van der Waals surface area contributed by atoms with Crippen molar-refractivity contribution >= 4 is 17.2 Å². The summed E-state index contributed by atoms with van der Waals surface area (Å²) in [6.45, 7) is 5.40. The van der Waals surface area contributed by atoms with Crippen molar-refractivity contribution in [1.82, 2.24) is 19.7 Å². The van der Waals surface area contributed by atoms with Crippen LogP contribution in [-0.4, -0.2) is 67.0 Å². The number of likely N-dealkylation sites (N-methyl/N-ethyl adjacent to an activating group) is 1. The van der Waals surface area contributed by atoms with Crippen molar-refractivity contribution in [2.75, 3.05) is 41.4 Å². The molecule has 1 atom stereocenters. The molecule has 7 nitrogen and oxygen atoms in total. The third-order valence-electron chi connectivity index (χ3n) is 7.13. The molecule has 3 aromatic carbocycles. The van der Waals surface area contributed by atoms with E-state index in [9.17, 15) is 4.79 Å². The lowest BCUT2D eigenvalue weighted by Crippen LogP contribution is -2.36. The highest BCUT2D eigenvalue weighted by atomic mass is 32.1. The van der Waals surface area contributed by atoms with Gasteiger partial charge in [0.1, 0.15) is 22.2 Å². The maximum absolute atomic E-state index is 13.7. The van der Waals surface area contributed by atoms with Gasteiger partial charge < -0.3 is 19.3 Å². The summed E-state index contributed by atoms with van der Waals surface area (Å²) >= 11 is 1.53. The number of hydrogen-bond donors (Lipinski definition) is 0. The van der Waals surface area contributed by atoms with E-state index in [2.05, 4.69) is 53.1 Å². The van der Waals surface area contributed by atoms with Gasteiger partial charge in [-0.15, -0.1) is 11.3 Å². The van der Waals surface area contributed by atoms with Crippen molar-refractivity contribution in [1.29, 1.82) is 0 Å². The van der Waals surface area contributed by atoms with Gasteiger partial charge in [-0.1, -0.05) is 66.7 Å². The predicted octanol–water partition coefficient (Wildman–Crippen LogP) is 6.13. The largest absolute Gasteiger partial charge is 0.497 e. The summed E-state index contributed by atoms with van der Waals surface area (Å²) in [4.78, 5) is 24.9. The maximum Gasteiger partial charge on any atom is 0.273 e. The Hall–Kier alpha value is -3.72. The van der Waals surface area contributed by atoms with E-state index in [0.717, 1.165) is 34.2 Å². The van der Waals surface area contributed by atoms with Crippen LogP contribution in [0.25, 0.3) is 0 Å². The molecule has 0 aliphatic rings. The van der Waals surface area contributed by atoms with Crippen LogP contribution >= 0.6 is 11.3 Å². The van der Waals surface area contributed by atoms with Crippen LogP contribution in [-0.2, 0) is 19.6 Å². The highest BCUT2D eigenvalue weighted by molar-refractivity contribution is 7.09. The average molecular weight is 573 g/mol. The summed E-state index contributed by atoms with van der Waals surface area (Å²) in [5, 5.41) is 2.79. The summed E-state index contributed by atoms with van der Waals surface area (Å²) in [5.41, 5.74) is 3.87. The maximum atomic E-state index is 13.7. The van der Waals surface area contributed by atoms with Crippen LogP contribution in [0.15, 0.2) is 84.2 Å². The molecule has 216 valence electrons. The Balaban J connectivity index is 1.57. The molecule has 41 heavy (non-hydrogen) atoms. The lowest BCUT2D eigenvalue weighted by Gasteiger charge is -2.29. The summed E-state index contributed by atoms with van der Waals surface area (Å²) in [6, 6.07) is 26.6. The van der Waals surface area contributed by atoms with Gasteiger partial charge in [0.2, 0.25) is 0 Å². The van der Waals surface area contributed by atoms with Crippen LogP contribution in [0.2, 0.25) is 0 Å². The van der Waals surface area contributed by atoms with Crippen molar-refractivity contribution in [3.05, 3.63) is 112 Å². The molecule has 0 N–H and O–H groups in total. The van der Waals surface area contributed by atoms with E-state index in [-0.39, 0.29) is 11.9 Å². The van der Waals surface area contributed by atoms with E-state index in [4.69, 9.17) is 14.5 Å². The minimum absolute atomic E-state index is 0.0438. The summed E-state index contributed by atoms with van der Waals surface area (Å²) in [7, 11) is 7.37. The standard InChI is InChI=1S/C33H40N4O3S/c1-25(27-14-10-7-11-15-27)37(22-28-16-17-29(39-4)20-31(28)40-5)23-32-34-30(24-41-32)33(38)36(19-18-35(2)3)21-26-12-8-6-9-13-26/h6-17,20,24-25H,18-19,21-23H2,1-5H3. The Morgan fingerprint density at radius 2 is 1.59 bits per heavy atom. The van der Waals surface area contributed by atoms with E-state index >= 15 is 0 Å². The average Bonchev–Trinajstić information content (AvgIpc) is 3.47. The van der Waals surface area contributed by atoms with Crippen LogP contribution in [0.4, 0.5) is 0 Å². The number of thiazole rings is 1. The van der Waals surface area contributed by atoms with Gasteiger partial charge >= 0.3 is 0 Å². The van der Waals surface area contributed by atoms with Crippen molar-refractivity contribution < 1.29 is 14.3 Å². The van der Waals surface area contributed by atoms with E-state index in [1.54, 1.807) is 14.2 Å². The number of ether oxygens (including phenoxy) is 2. The van der Waals surface area contributed by atoms with Gasteiger partial charge in [-0.3, -0.25) is 9.69 Å². The van der Waals surface area contributed by atoms with Gasteiger partial charge in [0.15, 0.2) is 0 Å². The molecule has 0 spiro atoms. The monoisotopic (exact) mass is 572 g/mol. The lowest BCUT2D eigenvalue weighted by atomic mass is 10.1. The molecule has 0 fully saturated rings. The number of benzene rings is 3. The molecule has 0 bridgehead atoms. The second kappa shape index (κ2) is 14.8. The van der Waals surface area contributed by atoms with Gasteiger partial charge in [0.05, 0.1) is 20.8 Å². The first kappa shape index (κ1) is 30.2. The van der Waals surface area contributed by atoms with Crippen LogP contribution in [0, 0.1) is 0 Å². The number of carbonyl (C=O) groups excluding carboxylic acids is 1. The van der Waals surface area contributed by atoms with Gasteiger partial charge in [-0.2, -0.15) is 0 Å². The molecule has 4 rings (SSSR count). The topological polar surface area (TPSA) is 58.1 Å². The van der Waals surface area contributed by atoms with E-state index < -0.39 is 0 Å². The quantitative estimate of drug-likeness (QED) is 0.181. The number of methoxy groups -OCH3 is 2. The first-order valence-electron chi connectivity index (χ1n) is 13.8. The molecule has 1 amide bonds. The van der Waals surface area contributed by atoms with Crippen LogP contribution in [0.1, 0.15) is 45.2 Å². The van der Waals surface area contributed by atoms with Gasteiger partial charge in [-0.05, 0) is 38.2 Å². The Morgan fingerprint density at radius 1 is 0.878 bits per heavy atom. The van der Waals surface area contributed by atoms with Gasteiger partial charge in [-0.25, -0.2) is 4.98 Å². The van der Waals surface area contributed by atoms with Crippen molar-refractivity contribution in [3.8, 4) is 11.5 Å². The van der Waals surface area contributed by atoms with Gasteiger partial charge in [0, 0.05) is 49.2 Å². The zero-order valence-corrected chi connectivity index (χ0v) is 25.4. The van der Waals surface area contributed by atoms with Gasteiger partial charge in [0.25, 0.3) is 5.91 Å². The fraction of sp³-hybridized carbons (Fsp3) is 0.333. The van der Waals surface area contributed by atoms with E-state index in [1.165, 1.54) is 16.9 Å². The van der Waals surface area contributed by atoms with Crippen LogP contribution in [0.3, 0.4) is 0 Å². The summed E-state index contributed by atoms with van der Waals surface area (Å²) in [6.07, 6.45) is 0. The third-order valence-corrected chi connectivity index (χ3v) is 7.96. The Kier molecular flexibility index (Phi) is 10.9. The zero-order valence-electron chi connectivity index (χ0n) is 24.6. The summed E-state index contributed by atoms with van der Waals surface area (Å²) < 4.78 is 11.1. The summed E-state index contributed by atoms with van der Waals surface area (Å²) in [5.74, 6) is 1.49. The van der Waals surface area contributed by atoms with Crippen molar-refractivity contribution in [3.63, 3.8) is 0 Å². The Morgan fingerprint density at radius 3 is 2.24 bits per heavy atom. The zero-order chi connectivity index (χ0) is 29.2. The molecule has 8 heteroatoms. The Labute approximate surface area is 248 Å². The molecule has 1 unspecified atom stereocenters. The second-order valence-corrected chi connectivity index (χ2v) is 11.3. The van der Waals surface area contributed by atoms with Crippen LogP contribution < -0.4 is 9.47 Å². The number of rotatable bonds is 14. The molecule has 0 radical (unpaired) electrons. The van der Waals surface area contributed by atoms with Crippen LogP contribution in [0.5, 0.6) is 11.5 Å². The minimum atomic E-state index is -0.0438. The number of hydrogen-bond acceptors (Lipinski definition) is 7. The molecule has 0 aliphatic heterocycles. The fourth-order valence-electron chi connectivity index (χ4n) is 4.67. The molecule has 1 heterocycles. The Bertz CT molecular complexity index is 1380. The fourth-order valence-corrected chi connectivity index (χ4v) is 5.46. The number of carbonyl (C=O) groups is 1. The molecule has 0 aliphatic carbocycles. The lowest BCUT2D eigenvalue weighted by molar-refractivity contribution is 0.0726. The van der Waals surface area contributed by atoms with Crippen molar-refractivity contribution in [2.45, 2.75) is 32.6 Å². The minimum Gasteiger partial charge on any atom is -0.497 e. The smallest absolute Gasteiger partial charge is 0.273 e. The third kappa shape index (κ3) is 8.39. The van der Waals surface area contributed by atoms with Crippen molar-refractivity contribution in [2.24, 2.45) is 0 Å². The normalized spacial score (nSPS) is 12.0. The first-order valence-corrected chi connectivity index (χ1v) is 14.7. The number of aromatic nitrogens is 1. The molecular formula is C33H40N4O3S. The van der Waals surface area contributed by atoms with E-state index in [0.29, 0.717) is 31.9 Å².